The second-order valence-electron chi connectivity index (χ2n) is 4.16. The van der Waals surface area contributed by atoms with E-state index < -0.39 is 0 Å². The molecule has 0 spiro atoms. The molecule has 1 unspecified atom stereocenters. The fraction of sp³-hybridized carbons (Fsp3) is 0.615. The molecule has 90 valence electrons. The highest BCUT2D eigenvalue weighted by molar-refractivity contribution is 7.12. The Morgan fingerprint density at radius 1 is 1.50 bits per heavy atom. The molecule has 0 saturated heterocycles. The molecule has 1 rings (SSSR count). The summed E-state index contributed by atoms with van der Waals surface area (Å²) in [5.41, 5.74) is 0.825. The Labute approximate surface area is 102 Å². The molecule has 0 saturated carbocycles. The summed E-state index contributed by atoms with van der Waals surface area (Å²) in [6.45, 7) is 8.35. The third-order valence-electron chi connectivity index (χ3n) is 2.54. The number of ketones is 1. The highest BCUT2D eigenvalue weighted by atomic mass is 32.1. The van der Waals surface area contributed by atoms with Gasteiger partial charge < -0.3 is 4.74 Å². The van der Waals surface area contributed by atoms with E-state index in [0.29, 0.717) is 0 Å². The van der Waals surface area contributed by atoms with Crippen LogP contribution in [0.15, 0.2) is 6.07 Å². The van der Waals surface area contributed by atoms with E-state index >= 15 is 0 Å². The zero-order valence-corrected chi connectivity index (χ0v) is 11.3. The minimum absolute atomic E-state index is 0.102. The lowest BCUT2D eigenvalue weighted by Gasteiger charge is -2.10. The first-order valence-corrected chi connectivity index (χ1v) is 6.58. The maximum atomic E-state index is 11.9. The van der Waals surface area contributed by atoms with Crippen LogP contribution >= 0.6 is 11.3 Å². The van der Waals surface area contributed by atoms with Crippen molar-refractivity contribution >= 4 is 17.1 Å². The van der Waals surface area contributed by atoms with Gasteiger partial charge in [-0.05, 0) is 33.3 Å². The van der Waals surface area contributed by atoms with Gasteiger partial charge in [-0.3, -0.25) is 4.79 Å². The van der Waals surface area contributed by atoms with Gasteiger partial charge in [-0.1, -0.05) is 13.3 Å². The van der Waals surface area contributed by atoms with E-state index in [4.69, 9.17) is 4.74 Å². The quantitative estimate of drug-likeness (QED) is 0.708. The Bertz CT molecular complexity index is 355. The fourth-order valence-corrected chi connectivity index (χ4v) is 2.64. The van der Waals surface area contributed by atoms with Gasteiger partial charge in [0, 0.05) is 15.3 Å². The van der Waals surface area contributed by atoms with Gasteiger partial charge in [0.25, 0.3) is 0 Å². The predicted octanol–water partition coefficient (Wildman–Crippen LogP) is 3.75. The first-order valence-electron chi connectivity index (χ1n) is 5.76. The molecule has 0 aromatic carbocycles. The number of aryl methyl sites for hydroxylation is 2. The van der Waals surface area contributed by atoms with E-state index in [1.165, 1.54) is 4.88 Å². The second kappa shape index (κ2) is 6.16. The molecule has 0 aliphatic carbocycles. The van der Waals surface area contributed by atoms with Crippen molar-refractivity contribution in [2.45, 2.75) is 46.6 Å². The van der Waals surface area contributed by atoms with Gasteiger partial charge in [0.2, 0.25) is 0 Å². The number of ether oxygens (including phenoxy) is 1. The summed E-state index contributed by atoms with van der Waals surface area (Å²) in [5, 5.41) is 0. The summed E-state index contributed by atoms with van der Waals surface area (Å²) in [6.07, 6.45) is 2.27. The van der Waals surface area contributed by atoms with Gasteiger partial charge in [-0.15, -0.1) is 11.3 Å². The van der Waals surface area contributed by atoms with Gasteiger partial charge in [-0.25, -0.2) is 0 Å². The van der Waals surface area contributed by atoms with Crippen molar-refractivity contribution in [2.75, 3.05) is 6.61 Å². The number of hydrogen-bond donors (Lipinski definition) is 0. The van der Waals surface area contributed by atoms with E-state index in [-0.39, 0.29) is 18.5 Å². The average molecular weight is 240 g/mol. The van der Waals surface area contributed by atoms with Crippen LogP contribution in [0, 0.1) is 13.8 Å². The number of rotatable bonds is 6. The molecule has 16 heavy (non-hydrogen) atoms. The molecule has 1 atom stereocenters. The average Bonchev–Trinajstić information content (AvgIpc) is 2.55. The van der Waals surface area contributed by atoms with Crippen LogP contribution < -0.4 is 0 Å². The molecule has 0 fully saturated rings. The molecule has 0 amide bonds. The largest absolute Gasteiger partial charge is 0.370 e. The van der Waals surface area contributed by atoms with Gasteiger partial charge in [0.05, 0.1) is 6.10 Å². The Morgan fingerprint density at radius 2 is 2.19 bits per heavy atom. The number of hydrogen-bond acceptors (Lipinski definition) is 3. The molecule has 0 bridgehead atoms. The topological polar surface area (TPSA) is 26.3 Å². The maximum Gasteiger partial charge on any atom is 0.189 e. The minimum Gasteiger partial charge on any atom is -0.370 e. The van der Waals surface area contributed by atoms with E-state index in [9.17, 15) is 4.79 Å². The standard InChI is InChI=1S/C13H20O2S/c1-5-6-9(2)15-8-13(14)12-7-10(3)16-11(12)4/h7,9H,5-6,8H2,1-4H3. The van der Waals surface area contributed by atoms with Gasteiger partial charge in [0.1, 0.15) is 6.61 Å². The van der Waals surface area contributed by atoms with E-state index in [2.05, 4.69) is 6.92 Å². The lowest BCUT2D eigenvalue weighted by molar-refractivity contribution is 0.0490. The maximum absolute atomic E-state index is 11.9. The van der Waals surface area contributed by atoms with E-state index in [0.717, 1.165) is 23.3 Å². The number of thiophene rings is 1. The number of Topliss-reactive ketones (excluding diaryl/α,β-unsaturated/α-hetero) is 1. The molecular formula is C13H20O2S. The highest BCUT2D eigenvalue weighted by Gasteiger charge is 2.13. The van der Waals surface area contributed by atoms with Crippen molar-refractivity contribution < 1.29 is 9.53 Å². The van der Waals surface area contributed by atoms with Crippen LogP contribution in [-0.2, 0) is 4.74 Å². The Balaban J connectivity index is 2.50. The van der Waals surface area contributed by atoms with Crippen LogP contribution in [0.25, 0.3) is 0 Å². The van der Waals surface area contributed by atoms with Crippen LogP contribution in [0.3, 0.4) is 0 Å². The summed E-state index contributed by atoms with van der Waals surface area (Å²) < 4.78 is 5.52. The fourth-order valence-electron chi connectivity index (χ4n) is 1.69. The predicted molar refractivity (Wildman–Crippen MR) is 68.4 cm³/mol. The molecule has 1 aromatic rings. The molecule has 0 radical (unpaired) electrons. The molecule has 3 heteroatoms. The molecular weight excluding hydrogens is 220 g/mol. The molecule has 0 aliphatic heterocycles. The molecule has 0 aliphatic rings. The zero-order chi connectivity index (χ0) is 12.1. The zero-order valence-electron chi connectivity index (χ0n) is 10.5. The number of carbonyl (C=O) groups excluding carboxylic acids is 1. The molecule has 1 aromatic heterocycles. The van der Waals surface area contributed by atoms with Crippen molar-refractivity contribution in [2.24, 2.45) is 0 Å². The minimum atomic E-state index is 0.102. The smallest absolute Gasteiger partial charge is 0.189 e. The Kier molecular flexibility index (Phi) is 5.16. The van der Waals surface area contributed by atoms with E-state index in [1.807, 2.05) is 26.8 Å². The Hall–Kier alpha value is -0.670. The van der Waals surface area contributed by atoms with Gasteiger partial charge >= 0.3 is 0 Å². The first kappa shape index (κ1) is 13.4. The molecule has 1 heterocycles. The first-order chi connectivity index (χ1) is 7.54. The van der Waals surface area contributed by atoms with Crippen LogP contribution in [0.2, 0.25) is 0 Å². The molecule has 0 N–H and O–H groups in total. The van der Waals surface area contributed by atoms with Gasteiger partial charge in [-0.2, -0.15) is 0 Å². The van der Waals surface area contributed by atoms with Crippen LogP contribution in [0.5, 0.6) is 0 Å². The summed E-state index contributed by atoms with van der Waals surface area (Å²) >= 11 is 1.67. The van der Waals surface area contributed by atoms with Crippen molar-refractivity contribution in [1.29, 1.82) is 0 Å². The summed E-state index contributed by atoms with van der Waals surface area (Å²) in [4.78, 5) is 14.1. The van der Waals surface area contributed by atoms with Gasteiger partial charge in [0.15, 0.2) is 5.78 Å². The third kappa shape index (κ3) is 3.72. The number of carbonyl (C=O) groups is 1. The lowest BCUT2D eigenvalue weighted by atomic mass is 10.1. The van der Waals surface area contributed by atoms with Crippen molar-refractivity contribution in [1.82, 2.24) is 0 Å². The SMILES string of the molecule is CCCC(C)OCC(=O)c1cc(C)sc1C. The summed E-state index contributed by atoms with van der Waals surface area (Å²) in [7, 11) is 0. The van der Waals surface area contributed by atoms with Crippen molar-refractivity contribution in [3.8, 4) is 0 Å². The van der Waals surface area contributed by atoms with Crippen molar-refractivity contribution in [3.63, 3.8) is 0 Å². The summed E-state index contributed by atoms with van der Waals surface area (Å²) in [5.74, 6) is 0.102. The van der Waals surface area contributed by atoms with Crippen LogP contribution in [0.4, 0.5) is 0 Å². The Morgan fingerprint density at radius 3 is 2.69 bits per heavy atom. The highest BCUT2D eigenvalue weighted by Crippen LogP contribution is 2.21. The second-order valence-corrected chi connectivity index (χ2v) is 5.62. The third-order valence-corrected chi connectivity index (χ3v) is 3.50. The summed E-state index contributed by atoms with van der Waals surface area (Å²) in [6, 6.07) is 1.95. The van der Waals surface area contributed by atoms with E-state index in [1.54, 1.807) is 11.3 Å². The van der Waals surface area contributed by atoms with Crippen LogP contribution in [0.1, 0.15) is 46.8 Å². The molecule has 2 nitrogen and oxygen atoms in total. The monoisotopic (exact) mass is 240 g/mol. The van der Waals surface area contributed by atoms with Crippen LogP contribution in [-0.4, -0.2) is 18.5 Å². The van der Waals surface area contributed by atoms with Crippen molar-refractivity contribution in [3.05, 3.63) is 21.4 Å². The normalized spacial score (nSPS) is 12.8. The lowest BCUT2D eigenvalue weighted by Crippen LogP contribution is -2.15.